The number of alkyl halides is 15. The molecule has 0 rings (SSSR count). The fraction of sp³-hybridized carbons (Fsp3) is 1.00. The Kier molecular flexibility index (Phi) is 8.14. The van der Waals surface area contributed by atoms with Crippen LogP contribution in [0.3, 0.4) is 0 Å². The van der Waals surface area contributed by atoms with E-state index in [9.17, 15) is 65.9 Å². The molecule has 0 aliphatic rings. The molecule has 0 bridgehead atoms. The molecule has 0 N–H and O–H groups in total. The predicted octanol–water partition coefficient (Wildman–Crippen LogP) is 4.35. The van der Waals surface area contributed by atoms with Gasteiger partial charge in [0.2, 0.25) is 0 Å². The van der Waals surface area contributed by atoms with Crippen LogP contribution in [-0.2, 0) is 13.3 Å². The lowest BCUT2D eigenvalue weighted by atomic mass is 10.3. The highest BCUT2D eigenvalue weighted by molar-refractivity contribution is 6.36. The largest absolute Gasteiger partial charge is 0.484 e. The summed E-state index contributed by atoms with van der Waals surface area (Å²) in [6.45, 7) is -8.58. The van der Waals surface area contributed by atoms with E-state index >= 15 is 0 Å². The third kappa shape index (κ3) is 7.47. The Morgan fingerprint density at radius 1 is 0.393 bits per heavy atom. The second-order valence-corrected chi connectivity index (χ2v) is 6.41. The van der Waals surface area contributed by atoms with E-state index in [0.717, 1.165) is 0 Å². The molecule has 0 radical (unpaired) electrons. The van der Waals surface area contributed by atoms with E-state index in [1.165, 1.54) is 0 Å². The Bertz CT molecular complexity index is 425. The van der Waals surface area contributed by atoms with Gasteiger partial charge in [0.1, 0.15) is 19.8 Å². The maximum Gasteiger partial charge on any atom is 0.484 e. The molecule has 0 amide bonds. The zero-order chi connectivity index (χ0) is 22.8. The van der Waals surface area contributed by atoms with Crippen molar-refractivity contribution < 1.29 is 79.1 Å². The first-order valence-electron chi connectivity index (χ1n) is 6.22. The highest BCUT2D eigenvalue weighted by Crippen LogP contribution is 2.38. The summed E-state index contributed by atoms with van der Waals surface area (Å²) in [5.74, 6) is -17.3. The van der Waals surface area contributed by atoms with Crippen LogP contribution in [0.2, 0.25) is 0 Å². The number of halogens is 15. The maximum absolute atomic E-state index is 12.6. The third-order valence-electron chi connectivity index (χ3n) is 2.45. The molecule has 28 heavy (non-hydrogen) atoms. The molecule has 0 saturated carbocycles. The molecule has 0 aliphatic heterocycles. The minimum absolute atomic E-state index is 2.86. The van der Waals surface area contributed by atoms with Gasteiger partial charge in [-0.05, 0) is 0 Å². The van der Waals surface area contributed by atoms with Crippen LogP contribution in [0, 0.1) is 0 Å². The first kappa shape index (κ1) is 27.0. The fourth-order valence-corrected chi connectivity index (χ4v) is 2.23. The summed E-state index contributed by atoms with van der Waals surface area (Å²) in [4.78, 5) is 0. The van der Waals surface area contributed by atoms with Crippen LogP contribution in [0.1, 0.15) is 0 Å². The van der Waals surface area contributed by atoms with Gasteiger partial charge in [0.05, 0.1) is 0 Å². The zero-order valence-electron chi connectivity index (χ0n) is 12.6. The normalized spacial score (nSPS) is 15.4. The van der Waals surface area contributed by atoms with E-state index in [2.05, 4.69) is 13.3 Å². The summed E-state index contributed by atoms with van der Waals surface area (Å²) < 4.78 is 193. The van der Waals surface area contributed by atoms with E-state index in [0.29, 0.717) is 0 Å². The minimum atomic E-state index is -6.34. The summed E-state index contributed by atoms with van der Waals surface area (Å²) in [5.41, 5.74) is 0. The summed E-state index contributed by atoms with van der Waals surface area (Å²) >= 11 is 0. The lowest BCUT2D eigenvalue weighted by Crippen LogP contribution is -2.48. The SMILES string of the molecule is FC(F)(F)C(F)(F)CO[SiH](OCC(F)(F)C(F)(F)F)OCC(F)(F)C(F)(F)F. The molecule has 0 aromatic carbocycles. The van der Waals surface area contributed by atoms with Crippen LogP contribution in [0.4, 0.5) is 65.9 Å². The van der Waals surface area contributed by atoms with Gasteiger partial charge in [-0.2, -0.15) is 65.9 Å². The van der Waals surface area contributed by atoms with Crippen molar-refractivity contribution in [2.24, 2.45) is 0 Å². The van der Waals surface area contributed by atoms with Gasteiger partial charge in [-0.3, -0.25) is 0 Å². The first-order chi connectivity index (χ1) is 12.0. The summed E-state index contributed by atoms with van der Waals surface area (Å²) in [5, 5.41) is 0. The van der Waals surface area contributed by atoms with Crippen LogP contribution in [0.25, 0.3) is 0 Å². The van der Waals surface area contributed by atoms with Gasteiger partial charge >= 0.3 is 45.8 Å². The van der Waals surface area contributed by atoms with E-state index in [1.807, 2.05) is 0 Å². The van der Waals surface area contributed by atoms with E-state index in [1.54, 1.807) is 0 Å². The molecular weight excluding hydrogens is 469 g/mol. The Labute approximate surface area is 146 Å². The van der Waals surface area contributed by atoms with Gasteiger partial charge < -0.3 is 13.3 Å². The first-order valence-corrected chi connectivity index (χ1v) is 7.63. The van der Waals surface area contributed by atoms with Crippen molar-refractivity contribution in [2.45, 2.75) is 36.3 Å². The summed E-state index contributed by atoms with van der Waals surface area (Å²) in [6, 6.07) is 0. The number of hydrogen-bond acceptors (Lipinski definition) is 3. The van der Waals surface area contributed by atoms with E-state index in [-0.39, 0.29) is 0 Å². The van der Waals surface area contributed by atoms with Crippen molar-refractivity contribution in [3.8, 4) is 0 Å². The molecule has 170 valence electrons. The van der Waals surface area contributed by atoms with Gasteiger partial charge in [-0.15, -0.1) is 0 Å². The van der Waals surface area contributed by atoms with Crippen molar-refractivity contribution in [1.82, 2.24) is 0 Å². The van der Waals surface area contributed by atoms with Crippen LogP contribution in [0.5, 0.6) is 0 Å². The van der Waals surface area contributed by atoms with Gasteiger partial charge in [-0.25, -0.2) is 0 Å². The van der Waals surface area contributed by atoms with Crippen molar-refractivity contribution in [2.75, 3.05) is 19.8 Å². The molecule has 0 aromatic heterocycles. The molecule has 0 aromatic rings. The van der Waals surface area contributed by atoms with Gasteiger partial charge in [-0.1, -0.05) is 0 Å². The third-order valence-corrected chi connectivity index (χ3v) is 3.76. The maximum atomic E-state index is 12.6. The molecule has 0 heterocycles. The second kappa shape index (κ2) is 8.42. The molecular formula is C9H7F15O3Si. The van der Waals surface area contributed by atoms with E-state index in [4.69, 9.17) is 0 Å². The number of hydrogen-bond donors (Lipinski definition) is 0. The lowest BCUT2D eigenvalue weighted by molar-refractivity contribution is -0.302. The predicted molar refractivity (Wildman–Crippen MR) is 58.0 cm³/mol. The molecule has 0 atom stereocenters. The molecule has 19 heteroatoms. The van der Waals surface area contributed by atoms with Gasteiger partial charge in [0, 0.05) is 0 Å². The topological polar surface area (TPSA) is 27.7 Å². The summed E-state index contributed by atoms with van der Waals surface area (Å²) in [6.07, 6.45) is -19.0. The van der Waals surface area contributed by atoms with Crippen molar-refractivity contribution in [3.63, 3.8) is 0 Å². The molecule has 0 aliphatic carbocycles. The highest BCUT2D eigenvalue weighted by Gasteiger charge is 2.61. The average Bonchev–Trinajstić information content (AvgIpc) is 2.42. The van der Waals surface area contributed by atoms with Gasteiger partial charge in [0.15, 0.2) is 0 Å². The molecule has 0 spiro atoms. The molecule has 0 unspecified atom stereocenters. The van der Waals surface area contributed by atoms with E-state index < -0.39 is 65.6 Å². The average molecular weight is 476 g/mol. The fourth-order valence-electron chi connectivity index (χ4n) is 0.908. The monoisotopic (exact) mass is 476 g/mol. The van der Waals surface area contributed by atoms with Crippen LogP contribution in [0.15, 0.2) is 0 Å². The van der Waals surface area contributed by atoms with Crippen molar-refractivity contribution in [1.29, 1.82) is 0 Å². The smallest absolute Gasteiger partial charge is 0.369 e. The molecule has 0 saturated heterocycles. The van der Waals surface area contributed by atoms with Crippen molar-refractivity contribution >= 4 is 9.53 Å². The Balaban J connectivity index is 5.23. The lowest BCUT2D eigenvalue weighted by Gasteiger charge is -2.26. The zero-order valence-corrected chi connectivity index (χ0v) is 13.7. The minimum Gasteiger partial charge on any atom is -0.369 e. The second-order valence-electron chi connectivity index (χ2n) is 4.83. The Hall–Kier alpha value is -0.953. The number of rotatable bonds is 9. The quantitative estimate of drug-likeness (QED) is 0.366. The van der Waals surface area contributed by atoms with Crippen LogP contribution in [-0.4, -0.2) is 65.6 Å². The molecule has 0 fully saturated rings. The van der Waals surface area contributed by atoms with Crippen LogP contribution < -0.4 is 0 Å². The highest BCUT2D eigenvalue weighted by atomic mass is 28.3. The Morgan fingerprint density at radius 2 is 0.571 bits per heavy atom. The standard InChI is InChI=1S/C9H7F15O3Si/c10-4(11,7(16,17)18)1-25-28(26-2-5(12,13)8(19,20)21)27-3-6(14,15)9(22,23)24/h28H,1-3H2. The van der Waals surface area contributed by atoms with Crippen LogP contribution >= 0.6 is 0 Å². The Morgan fingerprint density at radius 3 is 0.714 bits per heavy atom. The van der Waals surface area contributed by atoms with Gasteiger partial charge in [0.25, 0.3) is 0 Å². The summed E-state index contributed by atoms with van der Waals surface area (Å²) in [7, 11) is -5.19. The van der Waals surface area contributed by atoms with Crippen molar-refractivity contribution in [3.05, 3.63) is 0 Å². The molecule has 3 nitrogen and oxygen atoms in total.